The van der Waals surface area contributed by atoms with E-state index in [1.165, 1.54) is 0 Å². The van der Waals surface area contributed by atoms with Gasteiger partial charge in [-0.2, -0.15) is 0 Å². The van der Waals surface area contributed by atoms with Gasteiger partial charge in [-0.3, -0.25) is 4.79 Å². The molecule has 0 unspecified atom stereocenters. The van der Waals surface area contributed by atoms with Gasteiger partial charge in [0.2, 0.25) is 0 Å². The van der Waals surface area contributed by atoms with E-state index in [-0.39, 0.29) is 30.6 Å². The molecule has 0 spiro atoms. The van der Waals surface area contributed by atoms with Crippen molar-refractivity contribution in [2.75, 3.05) is 26.2 Å². The van der Waals surface area contributed by atoms with Gasteiger partial charge < -0.3 is 10.0 Å². The average molecular weight is 285 g/mol. The minimum absolute atomic E-state index is 0. The average Bonchev–Trinajstić information content (AvgIpc) is 2.04. The number of likely N-dealkylation sites (tertiary alicyclic amines) is 1. The van der Waals surface area contributed by atoms with Crippen molar-refractivity contribution < 1.29 is 9.90 Å². The highest BCUT2D eigenvalue weighted by Crippen LogP contribution is 2.05. The van der Waals surface area contributed by atoms with Crippen LogP contribution in [0.2, 0.25) is 0 Å². The lowest BCUT2D eigenvalue weighted by Gasteiger charge is -2.25. The molecule has 1 aliphatic heterocycles. The third kappa shape index (κ3) is 4.37. The zero-order chi connectivity index (χ0) is 8.10. The molecule has 0 atom stereocenters. The molecule has 72 valence electrons. The van der Waals surface area contributed by atoms with Crippen LogP contribution in [-0.2, 0) is 4.79 Å². The molecule has 1 rings (SSSR count). The number of rotatable bonds is 3. The predicted molar refractivity (Wildman–Crippen MR) is 57.8 cm³/mol. The first kappa shape index (κ1) is 12.3. The molecule has 0 saturated carbocycles. The summed E-state index contributed by atoms with van der Waals surface area (Å²) in [6.07, 6.45) is 2.23. The molecule has 0 aromatic rings. The number of aliphatic hydroxyl groups is 1. The van der Waals surface area contributed by atoms with E-state index >= 15 is 0 Å². The van der Waals surface area contributed by atoms with Crippen LogP contribution in [-0.4, -0.2) is 42.0 Å². The summed E-state index contributed by atoms with van der Waals surface area (Å²) in [5.74, 6) is 0.380. The Balaban J connectivity index is 0.00000121. The number of nitrogens with zero attached hydrogens (tertiary/aromatic N) is 1. The fourth-order valence-corrected chi connectivity index (χ4v) is 1.32. The lowest BCUT2D eigenvalue weighted by atomic mass is 10.1. The summed E-state index contributed by atoms with van der Waals surface area (Å²) < 4.78 is 0. The number of ketones is 1. The Morgan fingerprint density at radius 1 is 1.33 bits per heavy atom. The van der Waals surface area contributed by atoms with E-state index in [2.05, 4.69) is 4.90 Å². The van der Waals surface area contributed by atoms with Gasteiger partial charge in [0.05, 0.1) is 0 Å². The Bertz CT molecular complexity index is 131. The SMILES string of the molecule is I.O=C1CCN(CCCO)CC1. The Hall–Kier alpha value is 0.320. The number of aliphatic hydroxyl groups excluding tert-OH is 1. The summed E-state index contributed by atoms with van der Waals surface area (Å²) in [6.45, 7) is 2.96. The van der Waals surface area contributed by atoms with Gasteiger partial charge in [-0.15, -0.1) is 24.0 Å². The number of hydrogen-bond donors (Lipinski definition) is 1. The number of carbonyl (C=O) groups is 1. The minimum Gasteiger partial charge on any atom is -0.396 e. The molecule has 0 radical (unpaired) electrons. The molecule has 0 amide bonds. The topological polar surface area (TPSA) is 40.5 Å². The van der Waals surface area contributed by atoms with Gasteiger partial charge in [0.25, 0.3) is 0 Å². The Morgan fingerprint density at radius 2 is 1.92 bits per heavy atom. The molecule has 0 aromatic carbocycles. The van der Waals surface area contributed by atoms with Crippen LogP contribution in [0.15, 0.2) is 0 Å². The van der Waals surface area contributed by atoms with Crippen LogP contribution in [0.1, 0.15) is 19.3 Å². The first-order chi connectivity index (χ1) is 5.33. The molecule has 0 aromatic heterocycles. The van der Waals surface area contributed by atoms with Gasteiger partial charge in [-0.1, -0.05) is 0 Å². The van der Waals surface area contributed by atoms with E-state index in [4.69, 9.17) is 5.11 Å². The smallest absolute Gasteiger partial charge is 0.135 e. The zero-order valence-electron chi connectivity index (χ0n) is 7.16. The lowest BCUT2D eigenvalue weighted by Crippen LogP contribution is -2.34. The van der Waals surface area contributed by atoms with E-state index in [9.17, 15) is 4.79 Å². The molecule has 0 bridgehead atoms. The third-order valence-electron chi connectivity index (χ3n) is 2.05. The second kappa shape index (κ2) is 6.80. The van der Waals surface area contributed by atoms with Crippen LogP contribution >= 0.6 is 24.0 Å². The van der Waals surface area contributed by atoms with Gasteiger partial charge in [-0.25, -0.2) is 0 Å². The number of Topliss-reactive ketones (excluding diaryl/α,β-unsaturated/α-hetero) is 1. The van der Waals surface area contributed by atoms with Crippen LogP contribution in [0.4, 0.5) is 0 Å². The Kier molecular flexibility index (Phi) is 6.98. The normalized spacial score (nSPS) is 18.9. The summed E-state index contributed by atoms with van der Waals surface area (Å²) in [6, 6.07) is 0. The maximum atomic E-state index is 10.8. The summed E-state index contributed by atoms with van der Waals surface area (Å²) >= 11 is 0. The van der Waals surface area contributed by atoms with Gasteiger partial charge in [-0.05, 0) is 6.42 Å². The fourth-order valence-electron chi connectivity index (χ4n) is 1.32. The maximum Gasteiger partial charge on any atom is 0.135 e. The van der Waals surface area contributed by atoms with Crippen LogP contribution in [0.25, 0.3) is 0 Å². The zero-order valence-corrected chi connectivity index (χ0v) is 9.49. The molecule has 12 heavy (non-hydrogen) atoms. The van der Waals surface area contributed by atoms with E-state index < -0.39 is 0 Å². The number of piperidine rings is 1. The second-order valence-electron chi connectivity index (χ2n) is 2.96. The number of hydrogen-bond acceptors (Lipinski definition) is 3. The van der Waals surface area contributed by atoms with Gasteiger partial charge in [0.15, 0.2) is 0 Å². The summed E-state index contributed by atoms with van der Waals surface area (Å²) in [7, 11) is 0. The Labute approximate surface area is 90.1 Å². The highest BCUT2D eigenvalue weighted by molar-refractivity contribution is 14.0. The molecule has 4 heteroatoms. The summed E-state index contributed by atoms with van der Waals surface area (Å²) in [5, 5.41) is 8.56. The highest BCUT2D eigenvalue weighted by Gasteiger charge is 2.14. The van der Waals surface area contributed by atoms with Gasteiger partial charge >= 0.3 is 0 Å². The largest absolute Gasteiger partial charge is 0.396 e. The molecular weight excluding hydrogens is 269 g/mol. The van der Waals surface area contributed by atoms with Crippen molar-refractivity contribution in [2.45, 2.75) is 19.3 Å². The van der Waals surface area contributed by atoms with Crippen molar-refractivity contribution in [3.05, 3.63) is 0 Å². The first-order valence-corrected chi connectivity index (χ1v) is 4.18. The van der Waals surface area contributed by atoms with Gasteiger partial charge in [0.1, 0.15) is 5.78 Å². The monoisotopic (exact) mass is 285 g/mol. The minimum atomic E-state index is 0. The molecule has 1 N–H and O–H groups in total. The van der Waals surface area contributed by atoms with E-state index in [0.717, 1.165) is 26.1 Å². The van der Waals surface area contributed by atoms with Crippen molar-refractivity contribution >= 4 is 29.8 Å². The molecule has 3 nitrogen and oxygen atoms in total. The maximum absolute atomic E-state index is 10.8. The van der Waals surface area contributed by atoms with Crippen molar-refractivity contribution in [2.24, 2.45) is 0 Å². The lowest BCUT2D eigenvalue weighted by molar-refractivity contribution is -0.121. The number of carbonyl (C=O) groups excluding carboxylic acids is 1. The fraction of sp³-hybridized carbons (Fsp3) is 0.875. The quantitative estimate of drug-likeness (QED) is 0.774. The highest BCUT2D eigenvalue weighted by atomic mass is 127. The number of halogens is 1. The van der Waals surface area contributed by atoms with Crippen LogP contribution in [0.5, 0.6) is 0 Å². The van der Waals surface area contributed by atoms with Gasteiger partial charge in [0, 0.05) is 39.1 Å². The standard InChI is InChI=1S/C8H15NO2.HI/c10-7-1-4-9-5-2-8(11)3-6-9;/h10H,1-7H2;1H. The van der Waals surface area contributed by atoms with Crippen LogP contribution < -0.4 is 0 Å². The van der Waals surface area contributed by atoms with Crippen molar-refractivity contribution in [3.8, 4) is 0 Å². The molecule has 0 aliphatic carbocycles. The molecular formula is C8H16INO2. The second-order valence-corrected chi connectivity index (χ2v) is 2.96. The van der Waals surface area contributed by atoms with E-state index in [0.29, 0.717) is 18.6 Å². The predicted octanol–water partition coefficient (Wildman–Crippen LogP) is 0.652. The van der Waals surface area contributed by atoms with Crippen molar-refractivity contribution in [1.82, 2.24) is 4.90 Å². The van der Waals surface area contributed by atoms with Crippen LogP contribution in [0.3, 0.4) is 0 Å². The third-order valence-corrected chi connectivity index (χ3v) is 2.05. The molecule has 1 aliphatic rings. The first-order valence-electron chi connectivity index (χ1n) is 4.18. The van der Waals surface area contributed by atoms with Crippen molar-refractivity contribution in [1.29, 1.82) is 0 Å². The molecule has 1 saturated heterocycles. The Morgan fingerprint density at radius 3 is 2.42 bits per heavy atom. The molecule has 1 heterocycles. The van der Waals surface area contributed by atoms with Crippen LogP contribution in [0, 0.1) is 0 Å². The van der Waals surface area contributed by atoms with Crippen molar-refractivity contribution in [3.63, 3.8) is 0 Å². The van der Waals surface area contributed by atoms with E-state index in [1.54, 1.807) is 0 Å². The summed E-state index contributed by atoms with van der Waals surface area (Å²) in [4.78, 5) is 13.0. The molecule has 1 fully saturated rings. The van der Waals surface area contributed by atoms with E-state index in [1.807, 2.05) is 0 Å². The summed E-state index contributed by atoms with van der Waals surface area (Å²) in [5.41, 5.74) is 0.